The normalized spacial score (nSPS) is 12.1. The van der Waals surface area contributed by atoms with Crippen LogP contribution in [0.2, 0.25) is 5.02 Å². The van der Waals surface area contributed by atoms with E-state index in [0.717, 1.165) is 0 Å². The predicted molar refractivity (Wildman–Crippen MR) is 47.9 cm³/mol. The first kappa shape index (κ1) is 9.05. The Hall–Kier alpha value is -1.04. The van der Waals surface area contributed by atoms with Crippen molar-refractivity contribution >= 4 is 11.6 Å². The van der Waals surface area contributed by atoms with E-state index in [-0.39, 0.29) is 6.54 Å². The highest BCUT2D eigenvalue weighted by Crippen LogP contribution is 2.22. The minimum absolute atomic E-state index is 0.0593. The highest BCUT2D eigenvalue weighted by Gasteiger charge is 2.12. The molecule has 0 amide bonds. The molecule has 0 spiro atoms. The molecule has 3 heteroatoms. The molecule has 0 heterocycles. The molecule has 0 aliphatic rings. The SMILES string of the molecule is [C-]#[N+]CC(O)c1ccccc1Cl. The van der Waals surface area contributed by atoms with Crippen LogP contribution in [0.4, 0.5) is 0 Å². The first-order valence-electron chi connectivity index (χ1n) is 3.51. The summed E-state index contributed by atoms with van der Waals surface area (Å²) >= 11 is 5.79. The molecule has 0 aliphatic carbocycles. The summed E-state index contributed by atoms with van der Waals surface area (Å²) in [6.45, 7) is 6.63. The van der Waals surface area contributed by atoms with Crippen LogP contribution in [0.1, 0.15) is 11.7 Å². The Balaban J connectivity index is 2.88. The number of hydrogen-bond donors (Lipinski definition) is 1. The van der Waals surface area contributed by atoms with Gasteiger partial charge >= 0.3 is 0 Å². The molecular formula is C9H8ClNO. The summed E-state index contributed by atoms with van der Waals surface area (Å²) in [7, 11) is 0. The van der Waals surface area contributed by atoms with Crippen molar-refractivity contribution in [1.82, 2.24) is 0 Å². The fourth-order valence-electron chi connectivity index (χ4n) is 0.930. The molecule has 0 saturated heterocycles. The van der Waals surface area contributed by atoms with Crippen LogP contribution in [0, 0.1) is 6.57 Å². The van der Waals surface area contributed by atoms with Gasteiger partial charge in [-0.1, -0.05) is 29.8 Å². The lowest BCUT2D eigenvalue weighted by atomic mass is 10.1. The Morgan fingerprint density at radius 2 is 2.17 bits per heavy atom. The number of hydrogen-bond acceptors (Lipinski definition) is 1. The zero-order valence-electron chi connectivity index (χ0n) is 6.37. The van der Waals surface area contributed by atoms with Crippen molar-refractivity contribution in [2.75, 3.05) is 6.54 Å². The molecule has 1 rings (SSSR count). The molecule has 0 radical (unpaired) electrons. The molecule has 2 nitrogen and oxygen atoms in total. The Kier molecular flexibility index (Phi) is 3.09. The number of aliphatic hydroxyl groups excluding tert-OH is 1. The lowest BCUT2D eigenvalue weighted by molar-refractivity contribution is 0.195. The number of aliphatic hydroxyl groups is 1. The van der Waals surface area contributed by atoms with Crippen LogP contribution in [-0.4, -0.2) is 11.7 Å². The second kappa shape index (κ2) is 4.10. The molecular weight excluding hydrogens is 174 g/mol. The van der Waals surface area contributed by atoms with Crippen LogP contribution in [0.15, 0.2) is 24.3 Å². The van der Waals surface area contributed by atoms with Crippen LogP contribution < -0.4 is 0 Å². The zero-order chi connectivity index (χ0) is 8.97. The summed E-state index contributed by atoms with van der Waals surface area (Å²) in [5, 5.41) is 9.91. The van der Waals surface area contributed by atoms with Crippen molar-refractivity contribution in [2.45, 2.75) is 6.10 Å². The molecule has 0 fully saturated rings. The number of benzene rings is 1. The molecule has 0 aromatic heterocycles. The number of rotatable bonds is 2. The summed E-state index contributed by atoms with van der Waals surface area (Å²) in [5.41, 5.74) is 0.621. The second-order valence-electron chi connectivity index (χ2n) is 2.38. The molecule has 0 saturated carbocycles. The van der Waals surface area contributed by atoms with Gasteiger partial charge < -0.3 is 9.95 Å². The van der Waals surface area contributed by atoms with Gasteiger partial charge in [0.15, 0.2) is 6.10 Å². The van der Waals surface area contributed by atoms with E-state index in [1.54, 1.807) is 24.3 Å². The number of nitrogens with zero attached hydrogens (tertiary/aromatic N) is 1. The van der Waals surface area contributed by atoms with Gasteiger partial charge in [-0.3, -0.25) is 0 Å². The third-order valence-corrected chi connectivity index (χ3v) is 1.87. The number of halogens is 1. The average molecular weight is 182 g/mol. The molecule has 0 bridgehead atoms. The van der Waals surface area contributed by atoms with E-state index in [1.165, 1.54) is 0 Å². The lowest BCUT2D eigenvalue weighted by Gasteiger charge is -2.05. The van der Waals surface area contributed by atoms with Crippen molar-refractivity contribution in [2.24, 2.45) is 0 Å². The molecule has 12 heavy (non-hydrogen) atoms. The smallest absolute Gasteiger partial charge is 0.244 e. The van der Waals surface area contributed by atoms with Gasteiger partial charge in [0.25, 0.3) is 0 Å². The standard InChI is InChI=1S/C9H8ClNO/c1-11-6-9(12)7-4-2-3-5-8(7)10/h2-5,9,12H,6H2. The quantitative estimate of drug-likeness (QED) is 0.696. The fourth-order valence-corrected chi connectivity index (χ4v) is 1.19. The van der Waals surface area contributed by atoms with Crippen molar-refractivity contribution in [3.63, 3.8) is 0 Å². The van der Waals surface area contributed by atoms with Crippen LogP contribution in [0.3, 0.4) is 0 Å². The van der Waals surface area contributed by atoms with Crippen LogP contribution >= 0.6 is 11.6 Å². The van der Waals surface area contributed by atoms with E-state index in [1.807, 2.05) is 0 Å². The van der Waals surface area contributed by atoms with Gasteiger partial charge in [-0.2, -0.15) is 0 Å². The average Bonchev–Trinajstić information content (AvgIpc) is 2.05. The van der Waals surface area contributed by atoms with Crippen LogP contribution in [-0.2, 0) is 0 Å². The third-order valence-electron chi connectivity index (χ3n) is 1.53. The molecule has 1 atom stereocenters. The second-order valence-corrected chi connectivity index (χ2v) is 2.79. The van der Waals surface area contributed by atoms with Gasteiger partial charge in [-0.05, 0) is 6.07 Å². The van der Waals surface area contributed by atoms with E-state index < -0.39 is 6.10 Å². The molecule has 1 aromatic carbocycles. The molecule has 62 valence electrons. The van der Waals surface area contributed by atoms with E-state index in [4.69, 9.17) is 18.2 Å². The highest BCUT2D eigenvalue weighted by atomic mass is 35.5. The van der Waals surface area contributed by atoms with Crippen LogP contribution in [0.25, 0.3) is 4.85 Å². The topological polar surface area (TPSA) is 24.6 Å². The third kappa shape index (κ3) is 1.97. The van der Waals surface area contributed by atoms with Crippen molar-refractivity contribution in [1.29, 1.82) is 0 Å². The maximum atomic E-state index is 9.40. The van der Waals surface area contributed by atoms with E-state index in [9.17, 15) is 5.11 Å². The van der Waals surface area contributed by atoms with E-state index in [0.29, 0.717) is 10.6 Å². The predicted octanol–water partition coefficient (Wildman–Crippen LogP) is 2.29. The van der Waals surface area contributed by atoms with Crippen LogP contribution in [0.5, 0.6) is 0 Å². The van der Waals surface area contributed by atoms with Gasteiger partial charge in [0, 0.05) is 10.6 Å². The fraction of sp³-hybridized carbons (Fsp3) is 0.222. The van der Waals surface area contributed by atoms with Gasteiger partial charge in [-0.25, -0.2) is 6.57 Å². The minimum atomic E-state index is -0.767. The van der Waals surface area contributed by atoms with Crippen molar-refractivity contribution in [3.8, 4) is 0 Å². The summed E-state index contributed by atoms with van der Waals surface area (Å²) in [6, 6.07) is 6.99. The first-order chi connectivity index (χ1) is 5.75. The van der Waals surface area contributed by atoms with Gasteiger partial charge in [0.1, 0.15) is 0 Å². The summed E-state index contributed by atoms with van der Waals surface area (Å²) < 4.78 is 0. The van der Waals surface area contributed by atoms with Crippen molar-refractivity contribution < 1.29 is 5.11 Å². The molecule has 1 unspecified atom stereocenters. The maximum Gasteiger partial charge on any atom is 0.244 e. The van der Waals surface area contributed by atoms with Gasteiger partial charge in [-0.15, -0.1) is 0 Å². The largest absolute Gasteiger partial charge is 0.381 e. The maximum absolute atomic E-state index is 9.40. The zero-order valence-corrected chi connectivity index (χ0v) is 7.12. The summed E-state index contributed by atoms with van der Waals surface area (Å²) in [4.78, 5) is 3.09. The highest BCUT2D eigenvalue weighted by molar-refractivity contribution is 6.31. The van der Waals surface area contributed by atoms with E-state index >= 15 is 0 Å². The van der Waals surface area contributed by atoms with Crippen molar-refractivity contribution in [3.05, 3.63) is 46.3 Å². The minimum Gasteiger partial charge on any atom is -0.381 e. The van der Waals surface area contributed by atoms with E-state index in [2.05, 4.69) is 4.85 Å². The molecule has 1 N–H and O–H groups in total. The lowest BCUT2D eigenvalue weighted by Crippen LogP contribution is -2.00. The molecule has 0 aliphatic heterocycles. The van der Waals surface area contributed by atoms with Gasteiger partial charge in [0.2, 0.25) is 6.54 Å². The monoisotopic (exact) mass is 181 g/mol. The summed E-state index contributed by atoms with van der Waals surface area (Å²) in [5.74, 6) is 0. The Morgan fingerprint density at radius 3 is 2.75 bits per heavy atom. The Bertz CT molecular complexity index is 306. The molecule has 1 aromatic rings. The Morgan fingerprint density at radius 1 is 1.50 bits per heavy atom. The Labute approximate surface area is 76.2 Å². The van der Waals surface area contributed by atoms with Gasteiger partial charge in [0.05, 0.1) is 0 Å². The first-order valence-corrected chi connectivity index (χ1v) is 3.89. The summed E-state index contributed by atoms with van der Waals surface area (Å²) in [6.07, 6.45) is -0.767.